The average Bonchev–Trinajstić information content (AvgIpc) is 2.95. The molecule has 3 aromatic rings. The first kappa shape index (κ1) is 32.2. The van der Waals surface area contributed by atoms with Crippen LogP contribution in [0.1, 0.15) is 50.0 Å². The zero-order valence-electron chi connectivity index (χ0n) is 22.6. The molecule has 232 valence electrons. The molecule has 0 aromatic heterocycles. The van der Waals surface area contributed by atoms with Crippen LogP contribution in [0.3, 0.4) is 0 Å². The highest BCUT2D eigenvalue weighted by Crippen LogP contribution is 2.38. The van der Waals surface area contributed by atoms with Gasteiger partial charge in [-0.2, -0.15) is 22.0 Å². The van der Waals surface area contributed by atoms with E-state index in [-0.39, 0.29) is 11.5 Å². The van der Waals surface area contributed by atoms with Gasteiger partial charge in [0.1, 0.15) is 17.4 Å². The van der Waals surface area contributed by atoms with Gasteiger partial charge in [-0.15, -0.1) is 0 Å². The first-order valence-corrected chi connectivity index (χ1v) is 13.2. The standard InChI is InChI=1S/C30H25F9O4/c1-2-3-4-5-16-14-40-29(41-15-16)17-6-9-21(23(32)10-17)30(38,39)43-19-7-8-20(22(31)13-19)18-11-24(33)26(25(34)12-18)42-28(37)27(35)36/h6-13,16,29H,2-5,14-15H2,1H3. The van der Waals surface area contributed by atoms with Gasteiger partial charge in [0.25, 0.3) is 0 Å². The van der Waals surface area contributed by atoms with Gasteiger partial charge in [0, 0.05) is 23.1 Å². The van der Waals surface area contributed by atoms with Crippen LogP contribution in [0, 0.1) is 29.2 Å². The Morgan fingerprint density at radius 3 is 2.09 bits per heavy atom. The van der Waals surface area contributed by atoms with E-state index in [2.05, 4.69) is 16.4 Å². The molecule has 1 heterocycles. The van der Waals surface area contributed by atoms with Crippen molar-refractivity contribution < 1.29 is 58.5 Å². The van der Waals surface area contributed by atoms with Crippen molar-refractivity contribution in [3.8, 4) is 22.6 Å². The van der Waals surface area contributed by atoms with Crippen molar-refractivity contribution in [2.75, 3.05) is 13.2 Å². The second-order valence-electron chi connectivity index (χ2n) is 9.77. The summed E-state index contributed by atoms with van der Waals surface area (Å²) in [7, 11) is 0. The zero-order valence-corrected chi connectivity index (χ0v) is 22.6. The third-order valence-corrected chi connectivity index (χ3v) is 6.60. The van der Waals surface area contributed by atoms with Gasteiger partial charge in [0.15, 0.2) is 17.9 Å². The first-order chi connectivity index (χ1) is 20.4. The normalized spacial score (nSPS) is 17.1. The highest BCUT2D eigenvalue weighted by molar-refractivity contribution is 5.66. The van der Waals surface area contributed by atoms with Gasteiger partial charge in [-0.1, -0.05) is 32.3 Å². The van der Waals surface area contributed by atoms with Gasteiger partial charge in [0.05, 0.1) is 18.8 Å². The number of halogens is 9. The lowest BCUT2D eigenvalue weighted by molar-refractivity contribution is -0.206. The van der Waals surface area contributed by atoms with Crippen LogP contribution in [-0.4, -0.2) is 13.2 Å². The van der Waals surface area contributed by atoms with Crippen LogP contribution in [0.2, 0.25) is 0 Å². The van der Waals surface area contributed by atoms with Crippen LogP contribution in [0.25, 0.3) is 11.1 Å². The molecule has 1 aliphatic heterocycles. The molecule has 1 saturated heterocycles. The summed E-state index contributed by atoms with van der Waals surface area (Å²) < 4.78 is 145. The van der Waals surface area contributed by atoms with Crippen LogP contribution < -0.4 is 9.47 Å². The van der Waals surface area contributed by atoms with Crippen LogP contribution in [0.15, 0.2) is 60.6 Å². The number of unbranched alkanes of at least 4 members (excludes halogenated alkanes) is 2. The summed E-state index contributed by atoms with van der Waals surface area (Å²) in [5, 5.41) is 0. The van der Waals surface area contributed by atoms with Crippen LogP contribution in [-0.2, 0) is 15.6 Å². The Morgan fingerprint density at radius 2 is 1.51 bits per heavy atom. The summed E-state index contributed by atoms with van der Waals surface area (Å²) in [6, 6.07) is 3.34. The SMILES string of the molecule is CCCCCC1COC(c2ccc(C(F)(F)Oc3ccc(-c4cc(F)c(OC(F)=C(F)F)c(F)c4)c(F)c3)c(F)c2)OC1. The Balaban J connectivity index is 1.45. The molecule has 13 heteroatoms. The number of hydrogen-bond acceptors (Lipinski definition) is 4. The fourth-order valence-electron chi connectivity index (χ4n) is 4.44. The van der Waals surface area contributed by atoms with Gasteiger partial charge < -0.3 is 18.9 Å². The molecule has 1 aliphatic rings. The lowest BCUT2D eigenvalue weighted by Crippen LogP contribution is -2.27. The number of hydrogen-bond donors (Lipinski definition) is 0. The lowest BCUT2D eigenvalue weighted by atomic mass is 10.0. The molecule has 0 bridgehead atoms. The van der Waals surface area contributed by atoms with Crippen LogP contribution in [0.5, 0.6) is 11.5 Å². The van der Waals surface area contributed by atoms with Gasteiger partial charge >= 0.3 is 18.2 Å². The van der Waals surface area contributed by atoms with Crippen molar-refractivity contribution in [3.05, 3.63) is 95.0 Å². The molecule has 4 rings (SSSR count). The van der Waals surface area contributed by atoms with Crippen molar-refractivity contribution in [1.29, 1.82) is 0 Å². The molecule has 0 radical (unpaired) electrons. The van der Waals surface area contributed by atoms with Crippen LogP contribution >= 0.6 is 0 Å². The molecule has 0 aliphatic carbocycles. The second kappa shape index (κ2) is 13.7. The molecule has 43 heavy (non-hydrogen) atoms. The molecule has 0 unspecified atom stereocenters. The quantitative estimate of drug-likeness (QED) is 0.122. The highest BCUT2D eigenvalue weighted by atomic mass is 19.3. The average molecular weight is 621 g/mol. The lowest BCUT2D eigenvalue weighted by Gasteiger charge is -2.30. The summed E-state index contributed by atoms with van der Waals surface area (Å²) in [4.78, 5) is 0. The minimum Gasteiger partial charge on any atom is -0.429 e. The molecule has 0 atom stereocenters. The fourth-order valence-corrected chi connectivity index (χ4v) is 4.44. The van der Waals surface area contributed by atoms with Gasteiger partial charge in [-0.25, -0.2) is 17.6 Å². The van der Waals surface area contributed by atoms with Gasteiger partial charge in [-0.3, -0.25) is 0 Å². The zero-order chi connectivity index (χ0) is 31.3. The minimum absolute atomic E-state index is 0.184. The van der Waals surface area contributed by atoms with Crippen molar-refractivity contribution in [3.63, 3.8) is 0 Å². The largest absolute Gasteiger partial charge is 0.429 e. The topological polar surface area (TPSA) is 36.9 Å². The first-order valence-electron chi connectivity index (χ1n) is 13.2. The Bertz CT molecular complexity index is 1440. The smallest absolute Gasteiger partial charge is 0.429 e. The van der Waals surface area contributed by atoms with E-state index < -0.39 is 76.0 Å². The summed E-state index contributed by atoms with van der Waals surface area (Å²) in [6.45, 7) is 2.85. The molecule has 4 nitrogen and oxygen atoms in total. The summed E-state index contributed by atoms with van der Waals surface area (Å²) in [5.41, 5.74) is -1.98. The molecule has 0 saturated carbocycles. The second-order valence-corrected chi connectivity index (χ2v) is 9.77. The van der Waals surface area contributed by atoms with Gasteiger partial charge in [0.2, 0.25) is 5.75 Å². The third-order valence-electron chi connectivity index (χ3n) is 6.60. The Kier molecular flexibility index (Phi) is 10.3. The summed E-state index contributed by atoms with van der Waals surface area (Å²) in [6.07, 6.45) is -4.07. The highest BCUT2D eigenvalue weighted by Gasteiger charge is 2.38. The van der Waals surface area contributed by atoms with Crippen LogP contribution in [0.4, 0.5) is 39.5 Å². The maximum atomic E-state index is 14.9. The van der Waals surface area contributed by atoms with E-state index in [9.17, 15) is 39.5 Å². The fraction of sp³-hybridized carbons (Fsp3) is 0.333. The Hall–Kier alpha value is -3.71. The van der Waals surface area contributed by atoms with Crippen molar-refractivity contribution in [2.45, 2.75) is 45.0 Å². The van der Waals surface area contributed by atoms with Crippen molar-refractivity contribution in [1.82, 2.24) is 0 Å². The molecule has 0 amide bonds. The third kappa shape index (κ3) is 7.82. The molecule has 3 aromatic carbocycles. The van der Waals surface area contributed by atoms with E-state index in [1.165, 1.54) is 6.07 Å². The molecule has 0 spiro atoms. The Morgan fingerprint density at radius 1 is 0.837 bits per heavy atom. The van der Waals surface area contributed by atoms with E-state index >= 15 is 0 Å². The molecule has 1 fully saturated rings. The van der Waals surface area contributed by atoms with E-state index in [1.54, 1.807) is 0 Å². The van der Waals surface area contributed by atoms with E-state index in [0.29, 0.717) is 31.4 Å². The maximum absolute atomic E-state index is 14.9. The number of alkyl halides is 2. The Labute approximate surface area is 240 Å². The van der Waals surface area contributed by atoms with E-state index in [4.69, 9.17) is 9.47 Å². The maximum Gasteiger partial charge on any atom is 0.429 e. The predicted octanol–water partition coefficient (Wildman–Crippen LogP) is 9.69. The monoisotopic (exact) mass is 620 g/mol. The summed E-state index contributed by atoms with van der Waals surface area (Å²) >= 11 is 0. The molecular formula is C30H25F9O4. The van der Waals surface area contributed by atoms with E-state index in [0.717, 1.165) is 49.9 Å². The number of benzene rings is 3. The number of rotatable bonds is 11. The van der Waals surface area contributed by atoms with Crippen molar-refractivity contribution >= 4 is 0 Å². The molecular weight excluding hydrogens is 595 g/mol. The van der Waals surface area contributed by atoms with E-state index in [1.807, 2.05) is 0 Å². The predicted molar refractivity (Wildman–Crippen MR) is 136 cm³/mol. The van der Waals surface area contributed by atoms with Gasteiger partial charge in [-0.05, 0) is 48.4 Å². The minimum atomic E-state index is -4.27. The van der Waals surface area contributed by atoms with Crippen molar-refractivity contribution in [2.24, 2.45) is 5.92 Å². The molecule has 0 N–H and O–H groups in total. The number of ether oxygens (including phenoxy) is 4. The summed E-state index contributed by atoms with van der Waals surface area (Å²) in [5.74, 6) is -7.98.